The van der Waals surface area contributed by atoms with Gasteiger partial charge >= 0.3 is 0 Å². The Labute approximate surface area is 102 Å². The van der Waals surface area contributed by atoms with Gasteiger partial charge in [0.15, 0.2) is 5.78 Å². The van der Waals surface area contributed by atoms with Crippen LogP contribution in [0, 0.1) is 0 Å². The van der Waals surface area contributed by atoms with Gasteiger partial charge in [-0.1, -0.05) is 4.49 Å². The third-order valence-electron chi connectivity index (χ3n) is 2.79. The molecule has 0 radical (unpaired) electrons. The molecule has 0 saturated carbocycles. The van der Waals surface area contributed by atoms with Crippen LogP contribution in [0.4, 0.5) is 0 Å². The van der Waals surface area contributed by atoms with Crippen molar-refractivity contribution in [3.63, 3.8) is 0 Å². The van der Waals surface area contributed by atoms with Gasteiger partial charge in [-0.25, -0.2) is 0 Å². The number of carbonyl (C=O) groups excluding carboxylic acids is 1. The number of fused-ring (bicyclic) bond motifs is 1. The second kappa shape index (κ2) is 4.25. The molecule has 1 heterocycles. The van der Waals surface area contributed by atoms with E-state index in [0.717, 1.165) is 29.0 Å². The number of hydrogen-bond acceptors (Lipinski definition) is 5. The zero-order valence-corrected chi connectivity index (χ0v) is 9.87. The molecule has 1 aliphatic rings. The van der Waals surface area contributed by atoms with Gasteiger partial charge in [0, 0.05) is 17.4 Å². The standard InChI is InChI=1S/C12H10N2O2S/c15-12-4-1-8-5-10(2-3-11(8)12)16-6-9-7-17-14-13-9/h2-3,5,7H,1,4,6H2. The molecule has 0 saturated heterocycles. The molecule has 17 heavy (non-hydrogen) atoms. The summed E-state index contributed by atoms with van der Waals surface area (Å²) < 4.78 is 9.37. The molecule has 1 aromatic carbocycles. The average Bonchev–Trinajstić information content (AvgIpc) is 2.97. The highest BCUT2D eigenvalue weighted by Crippen LogP contribution is 2.26. The van der Waals surface area contributed by atoms with Crippen LogP contribution < -0.4 is 4.74 Å². The number of nitrogens with zero attached hydrogens (tertiary/aromatic N) is 2. The van der Waals surface area contributed by atoms with Crippen LogP contribution in [0.1, 0.15) is 28.0 Å². The minimum absolute atomic E-state index is 0.232. The van der Waals surface area contributed by atoms with Crippen molar-refractivity contribution in [2.45, 2.75) is 19.4 Å². The predicted octanol–water partition coefficient (Wildman–Crippen LogP) is 2.25. The number of ether oxygens (including phenoxy) is 1. The molecule has 0 amide bonds. The molecule has 0 atom stereocenters. The van der Waals surface area contributed by atoms with Crippen LogP contribution in [0.5, 0.6) is 5.75 Å². The number of Topliss-reactive ketones (excluding diaryl/α,β-unsaturated/α-hetero) is 1. The lowest BCUT2D eigenvalue weighted by Gasteiger charge is -2.05. The normalized spacial score (nSPS) is 13.8. The van der Waals surface area contributed by atoms with Crippen molar-refractivity contribution in [1.29, 1.82) is 0 Å². The highest BCUT2D eigenvalue weighted by atomic mass is 32.1. The van der Waals surface area contributed by atoms with Crippen LogP contribution in [-0.4, -0.2) is 15.4 Å². The lowest BCUT2D eigenvalue weighted by atomic mass is 10.1. The number of ketones is 1. The second-order valence-corrected chi connectivity index (χ2v) is 4.54. The molecular formula is C12H10N2O2S. The van der Waals surface area contributed by atoms with Gasteiger partial charge in [0.05, 0.1) is 0 Å². The predicted molar refractivity (Wildman–Crippen MR) is 63.3 cm³/mol. The lowest BCUT2D eigenvalue weighted by Crippen LogP contribution is -1.97. The Hall–Kier alpha value is -1.75. The van der Waals surface area contributed by atoms with Gasteiger partial charge in [-0.3, -0.25) is 4.79 Å². The summed E-state index contributed by atoms with van der Waals surface area (Å²) in [6.45, 7) is 0.420. The smallest absolute Gasteiger partial charge is 0.163 e. The second-order valence-electron chi connectivity index (χ2n) is 3.93. The number of rotatable bonds is 3. The quantitative estimate of drug-likeness (QED) is 0.833. The molecular weight excluding hydrogens is 236 g/mol. The zero-order valence-electron chi connectivity index (χ0n) is 9.05. The van der Waals surface area contributed by atoms with Crippen molar-refractivity contribution in [3.8, 4) is 5.75 Å². The lowest BCUT2D eigenvalue weighted by molar-refractivity contribution is 0.0994. The number of aromatic nitrogens is 2. The Balaban J connectivity index is 1.74. The van der Waals surface area contributed by atoms with E-state index in [-0.39, 0.29) is 5.78 Å². The van der Waals surface area contributed by atoms with E-state index >= 15 is 0 Å². The van der Waals surface area contributed by atoms with Gasteiger partial charge in [-0.05, 0) is 41.7 Å². The van der Waals surface area contributed by atoms with E-state index in [1.54, 1.807) is 0 Å². The fraction of sp³-hybridized carbons (Fsp3) is 0.250. The first-order valence-corrected chi connectivity index (χ1v) is 6.21. The van der Waals surface area contributed by atoms with Crippen LogP contribution in [0.3, 0.4) is 0 Å². The number of benzene rings is 1. The molecule has 3 rings (SSSR count). The maximum atomic E-state index is 11.5. The molecule has 0 unspecified atom stereocenters. The molecule has 2 aromatic rings. The summed E-state index contributed by atoms with van der Waals surface area (Å²) in [5.41, 5.74) is 2.75. The third-order valence-corrected chi connectivity index (χ3v) is 3.34. The summed E-state index contributed by atoms with van der Waals surface area (Å²) in [7, 11) is 0. The SMILES string of the molecule is O=C1CCc2cc(OCc3csnn3)ccc21. The number of carbonyl (C=O) groups is 1. The minimum atomic E-state index is 0.232. The van der Waals surface area contributed by atoms with Crippen LogP contribution >= 0.6 is 11.5 Å². The van der Waals surface area contributed by atoms with Crippen LogP contribution in [0.25, 0.3) is 0 Å². The molecule has 86 valence electrons. The minimum Gasteiger partial charge on any atom is -0.487 e. The van der Waals surface area contributed by atoms with Crippen molar-refractivity contribution >= 4 is 17.3 Å². The van der Waals surface area contributed by atoms with Crippen molar-refractivity contribution < 1.29 is 9.53 Å². The molecule has 0 fully saturated rings. The molecule has 0 bridgehead atoms. The Kier molecular flexibility index (Phi) is 2.60. The largest absolute Gasteiger partial charge is 0.487 e. The summed E-state index contributed by atoms with van der Waals surface area (Å²) in [5, 5.41) is 5.76. The van der Waals surface area contributed by atoms with Crippen molar-refractivity contribution in [1.82, 2.24) is 9.59 Å². The summed E-state index contributed by atoms with van der Waals surface area (Å²) >= 11 is 1.31. The van der Waals surface area contributed by atoms with E-state index < -0.39 is 0 Å². The van der Waals surface area contributed by atoms with Gasteiger partial charge in [-0.15, -0.1) is 5.10 Å². The van der Waals surface area contributed by atoms with Gasteiger partial charge in [-0.2, -0.15) is 0 Å². The Bertz CT molecular complexity index is 552. The first kappa shape index (κ1) is 10.4. The maximum absolute atomic E-state index is 11.5. The van der Waals surface area contributed by atoms with Crippen molar-refractivity contribution in [3.05, 3.63) is 40.4 Å². The molecule has 0 aliphatic heterocycles. The maximum Gasteiger partial charge on any atom is 0.163 e. The van der Waals surface area contributed by atoms with Crippen LogP contribution in [0.15, 0.2) is 23.6 Å². The molecule has 4 nitrogen and oxygen atoms in total. The van der Waals surface area contributed by atoms with Gasteiger partial charge in [0.2, 0.25) is 0 Å². The first-order chi connectivity index (χ1) is 8.33. The van der Waals surface area contributed by atoms with Crippen molar-refractivity contribution in [2.75, 3.05) is 0 Å². The first-order valence-electron chi connectivity index (χ1n) is 5.38. The van der Waals surface area contributed by atoms with Crippen LogP contribution in [-0.2, 0) is 13.0 Å². The van der Waals surface area contributed by atoms with E-state index in [1.165, 1.54) is 11.5 Å². The average molecular weight is 246 g/mol. The monoisotopic (exact) mass is 246 g/mol. The Morgan fingerprint density at radius 2 is 2.29 bits per heavy atom. The summed E-state index contributed by atoms with van der Waals surface area (Å²) in [4.78, 5) is 11.5. The van der Waals surface area contributed by atoms with Gasteiger partial charge in [0.25, 0.3) is 0 Å². The summed E-state index contributed by atoms with van der Waals surface area (Å²) in [6, 6.07) is 5.63. The molecule has 0 spiro atoms. The van der Waals surface area contributed by atoms with E-state index in [0.29, 0.717) is 13.0 Å². The van der Waals surface area contributed by atoms with E-state index in [2.05, 4.69) is 9.59 Å². The fourth-order valence-electron chi connectivity index (χ4n) is 1.93. The number of hydrogen-bond donors (Lipinski definition) is 0. The van der Waals surface area contributed by atoms with Crippen LogP contribution in [0.2, 0.25) is 0 Å². The summed E-state index contributed by atoms with van der Waals surface area (Å²) in [5.74, 6) is 1.02. The number of aryl methyl sites for hydroxylation is 1. The molecule has 1 aliphatic carbocycles. The highest BCUT2D eigenvalue weighted by molar-refractivity contribution is 7.03. The zero-order chi connectivity index (χ0) is 11.7. The van der Waals surface area contributed by atoms with E-state index in [4.69, 9.17) is 4.74 Å². The topological polar surface area (TPSA) is 52.1 Å². The van der Waals surface area contributed by atoms with E-state index in [9.17, 15) is 4.79 Å². The summed E-state index contributed by atoms with van der Waals surface area (Å²) in [6.07, 6.45) is 1.44. The third kappa shape index (κ3) is 2.06. The van der Waals surface area contributed by atoms with Gasteiger partial charge in [0.1, 0.15) is 18.1 Å². The Morgan fingerprint density at radius 3 is 3.12 bits per heavy atom. The van der Waals surface area contributed by atoms with Gasteiger partial charge < -0.3 is 4.74 Å². The Morgan fingerprint density at radius 1 is 1.35 bits per heavy atom. The molecule has 1 aromatic heterocycles. The van der Waals surface area contributed by atoms with E-state index in [1.807, 2.05) is 23.6 Å². The molecule has 5 heteroatoms. The fourth-order valence-corrected chi connectivity index (χ4v) is 2.36. The molecule has 0 N–H and O–H groups in total. The van der Waals surface area contributed by atoms with Crippen molar-refractivity contribution in [2.24, 2.45) is 0 Å². The highest BCUT2D eigenvalue weighted by Gasteiger charge is 2.19.